The average Bonchev–Trinajstić information content (AvgIpc) is 3.23. The number of fused-ring (bicyclic) bond motifs is 1. The molecule has 2 heterocycles. The third-order valence-corrected chi connectivity index (χ3v) is 8.66. The van der Waals surface area contributed by atoms with E-state index in [1.807, 2.05) is 18.3 Å². The van der Waals surface area contributed by atoms with Gasteiger partial charge in [0, 0.05) is 37.5 Å². The lowest BCUT2D eigenvalue weighted by atomic mass is 9.97. The third kappa shape index (κ3) is 7.05. The first-order chi connectivity index (χ1) is 17.7. The molecule has 1 aliphatic heterocycles. The summed E-state index contributed by atoms with van der Waals surface area (Å²) in [6, 6.07) is 23.1. The molecule has 37 heavy (non-hydrogen) atoms. The molecule has 194 valence electrons. The SMILES string of the molecule is C[n+]1c(C=Cc2ccc(N3CCC(CO)CC3)cc2)sc2ccccc21.Cc1ccc(S(=O)(=O)[O-])cc1. The van der Waals surface area contributed by atoms with Crippen LogP contribution in [-0.4, -0.2) is 37.8 Å². The van der Waals surface area contributed by atoms with Gasteiger partial charge in [-0.2, -0.15) is 4.57 Å². The van der Waals surface area contributed by atoms with E-state index in [-0.39, 0.29) is 4.90 Å². The van der Waals surface area contributed by atoms with Crippen LogP contribution in [0.2, 0.25) is 0 Å². The molecule has 0 atom stereocenters. The van der Waals surface area contributed by atoms with Crippen molar-refractivity contribution in [1.29, 1.82) is 0 Å². The summed E-state index contributed by atoms with van der Waals surface area (Å²) >= 11 is 1.82. The number of hydrogen-bond donors (Lipinski definition) is 1. The lowest BCUT2D eigenvalue weighted by Gasteiger charge is -2.32. The highest BCUT2D eigenvalue weighted by atomic mass is 32.2. The minimum Gasteiger partial charge on any atom is -0.744 e. The van der Waals surface area contributed by atoms with Crippen LogP contribution in [0.5, 0.6) is 0 Å². The lowest BCUT2D eigenvalue weighted by molar-refractivity contribution is -0.642. The molecule has 4 aromatic rings. The summed E-state index contributed by atoms with van der Waals surface area (Å²) in [7, 11) is -2.15. The maximum absolute atomic E-state index is 10.4. The molecule has 0 unspecified atom stereocenters. The van der Waals surface area contributed by atoms with E-state index < -0.39 is 10.1 Å². The Labute approximate surface area is 222 Å². The number of hydrogen-bond acceptors (Lipinski definition) is 6. The van der Waals surface area contributed by atoms with Gasteiger partial charge in [0.25, 0.3) is 5.01 Å². The number of anilines is 1. The molecule has 8 heteroatoms. The zero-order chi connectivity index (χ0) is 26.4. The summed E-state index contributed by atoms with van der Waals surface area (Å²) in [5.74, 6) is 0.482. The maximum atomic E-state index is 10.4. The minimum absolute atomic E-state index is 0.178. The van der Waals surface area contributed by atoms with Crippen LogP contribution < -0.4 is 9.47 Å². The molecule has 0 aliphatic carbocycles. The van der Waals surface area contributed by atoms with Crippen molar-refractivity contribution >= 4 is 49.5 Å². The minimum atomic E-state index is -4.27. The van der Waals surface area contributed by atoms with Crippen LogP contribution in [0.4, 0.5) is 5.69 Å². The monoisotopic (exact) mass is 536 g/mol. The Morgan fingerprint density at radius 3 is 2.24 bits per heavy atom. The Hall–Kier alpha value is -3.04. The van der Waals surface area contributed by atoms with Gasteiger partial charge in [0.15, 0.2) is 0 Å². The van der Waals surface area contributed by atoms with E-state index in [1.165, 1.54) is 38.6 Å². The highest BCUT2D eigenvalue weighted by molar-refractivity contribution is 7.85. The second kappa shape index (κ2) is 12.0. The molecule has 1 aliphatic rings. The van der Waals surface area contributed by atoms with E-state index in [4.69, 9.17) is 0 Å². The van der Waals surface area contributed by atoms with Crippen LogP contribution in [0.25, 0.3) is 22.4 Å². The van der Waals surface area contributed by atoms with Crippen molar-refractivity contribution in [2.45, 2.75) is 24.7 Å². The van der Waals surface area contributed by atoms with Gasteiger partial charge in [-0.15, -0.1) is 0 Å². The maximum Gasteiger partial charge on any atom is 0.262 e. The fourth-order valence-corrected chi connectivity index (χ4v) is 5.83. The van der Waals surface area contributed by atoms with Gasteiger partial charge in [0.05, 0.1) is 4.90 Å². The van der Waals surface area contributed by atoms with Gasteiger partial charge in [-0.05, 0) is 67.7 Å². The van der Waals surface area contributed by atoms with Gasteiger partial charge < -0.3 is 14.6 Å². The van der Waals surface area contributed by atoms with Gasteiger partial charge in [-0.25, -0.2) is 8.42 Å². The Balaban J connectivity index is 0.000000245. The average molecular weight is 537 g/mol. The Morgan fingerprint density at radius 1 is 1.00 bits per heavy atom. The number of nitrogens with zero attached hydrogens (tertiary/aromatic N) is 2. The van der Waals surface area contributed by atoms with Crippen molar-refractivity contribution < 1.29 is 22.6 Å². The second-order valence-electron chi connectivity index (χ2n) is 9.27. The standard InChI is InChI=1S/C22H25N2OS.C7H8O3S/c1-23-20-4-2-3-5-21(20)26-22(23)11-8-17-6-9-19(10-7-17)24-14-12-18(16-25)13-15-24;1-6-2-4-7(5-3-6)11(8,9)10/h2-11,18,25H,12-16H2,1H3;2-5H,1H3,(H,8,9,10)/q+1;/p-1. The Kier molecular flexibility index (Phi) is 8.76. The molecule has 1 aromatic heterocycles. The van der Waals surface area contributed by atoms with Crippen LogP contribution >= 0.6 is 11.3 Å². The first kappa shape index (κ1) is 27.0. The Morgan fingerprint density at radius 2 is 1.65 bits per heavy atom. The molecule has 1 saturated heterocycles. The number of aliphatic hydroxyl groups is 1. The predicted molar refractivity (Wildman–Crippen MR) is 150 cm³/mol. The van der Waals surface area contributed by atoms with E-state index in [9.17, 15) is 18.1 Å². The molecule has 0 amide bonds. The summed E-state index contributed by atoms with van der Waals surface area (Å²) in [5.41, 5.74) is 4.71. The molecule has 6 nitrogen and oxygen atoms in total. The molecule has 1 fully saturated rings. The molecule has 0 bridgehead atoms. The van der Waals surface area contributed by atoms with E-state index in [2.05, 4.69) is 77.2 Å². The number of benzene rings is 3. The van der Waals surface area contributed by atoms with E-state index in [0.29, 0.717) is 12.5 Å². The fourth-order valence-electron chi connectivity index (χ4n) is 4.31. The molecular weight excluding hydrogens is 504 g/mol. The van der Waals surface area contributed by atoms with E-state index in [1.54, 1.807) is 12.1 Å². The summed E-state index contributed by atoms with van der Waals surface area (Å²) in [5, 5.41) is 10.5. The molecule has 0 spiro atoms. The van der Waals surface area contributed by atoms with Crippen LogP contribution in [0.1, 0.15) is 29.0 Å². The van der Waals surface area contributed by atoms with Gasteiger partial charge in [0.1, 0.15) is 21.9 Å². The van der Waals surface area contributed by atoms with Gasteiger partial charge in [0.2, 0.25) is 5.52 Å². The topological polar surface area (TPSA) is 84.5 Å². The van der Waals surface area contributed by atoms with Gasteiger partial charge in [-0.1, -0.05) is 53.3 Å². The zero-order valence-corrected chi connectivity index (χ0v) is 22.7. The number of aryl methyl sites for hydroxylation is 2. The van der Waals surface area contributed by atoms with Crippen molar-refractivity contribution in [3.05, 3.63) is 88.9 Å². The van der Waals surface area contributed by atoms with Crippen LogP contribution in [0, 0.1) is 12.8 Å². The van der Waals surface area contributed by atoms with Gasteiger partial charge in [-0.3, -0.25) is 0 Å². The van der Waals surface area contributed by atoms with Crippen molar-refractivity contribution in [2.24, 2.45) is 13.0 Å². The normalized spacial score (nSPS) is 14.6. The summed E-state index contributed by atoms with van der Waals surface area (Å²) in [6.45, 7) is 4.23. The first-order valence-corrected chi connectivity index (χ1v) is 14.5. The number of para-hydroxylation sites is 1. The quantitative estimate of drug-likeness (QED) is 0.287. The zero-order valence-electron chi connectivity index (χ0n) is 21.1. The van der Waals surface area contributed by atoms with Crippen molar-refractivity contribution in [1.82, 2.24) is 0 Å². The van der Waals surface area contributed by atoms with E-state index >= 15 is 0 Å². The van der Waals surface area contributed by atoms with Crippen molar-refractivity contribution in [2.75, 3.05) is 24.6 Å². The summed E-state index contributed by atoms with van der Waals surface area (Å²) < 4.78 is 34.7. The van der Waals surface area contributed by atoms with Crippen LogP contribution in [0.15, 0.2) is 77.7 Å². The van der Waals surface area contributed by atoms with Crippen LogP contribution in [-0.2, 0) is 17.2 Å². The van der Waals surface area contributed by atoms with Gasteiger partial charge >= 0.3 is 0 Å². The first-order valence-electron chi connectivity index (χ1n) is 12.3. The smallest absolute Gasteiger partial charge is 0.262 e. The van der Waals surface area contributed by atoms with Crippen molar-refractivity contribution in [3.63, 3.8) is 0 Å². The second-order valence-corrected chi connectivity index (χ2v) is 11.7. The molecule has 5 rings (SSSR count). The van der Waals surface area contributed by atoms with E-state index in [0.717, 1.165) is 31.5 Å². The summed E-state index contributed by atoms with van der Waals surface area (Å²) in [6.07, 6.45) is 6.56. The molecule has 0 saturated carbocycles. The highest BCUT2D eigenvalue weighted by Crippen LogP contribution is 2.25. The number of thiazole rings is 1. The lowest BCUT2D eigenvalue weighted by Crippen LogP contribution is -2.34. The third-order valence-electron chi connectivity index (χ3n) is 6.63. The van der Waals surface area contributed by atoms with Crippen molar-refractivity contribution in [3.8, 4) is 0 Å². The molecule has 0 radical (unpaired) electrons. The number of aliphatic hydroxyl groups excluding tert-OH is 1. The number of piperidine rings is 1. The highest BCUT2D eigenvalue weighted by Gasteiger charge is 2.18. The Bertz CT molecular complexity index is 1450. The molecule has 1 N–H and O–H groups in total. The largest absolute Gasteiger partial charge is 0.744 e. The summed E-state index contributed by atoms with van der Waals surface area (Å²) in [4.78, 5) is 2.24. The number of aromatic nitrogens is 1. The number of rotatable bonds is 5. The van der Waals surface area contributed by atoms with Crippen LogP contribution in [0.3, 0.4) is 0 Å². The molecular formula is C29H32N2O4S2. The fraction of sp³-hybridized carbons (Fsp3) is 0.276. The predicted octanol–water partition coefficient (Wildman–Crippen LogP) is 5.00. The molecule has 3 aromatic carbocycles.